The number of nitrogens with zero attached hydrogens (tertiary/aromatic N) is 3. The molecule has 4 nitrogen and oxygen atoms in total. The van der Waals surface area contributed by atoms with Gasteiger partial charge in [0, 0.05) is 23.1 Å². The molecule has 0 atom stereocenters. The molecule has 0 spiro atoms. The molecule has 0 radical (unpaired) electrons. The van der Waals surface area contributed by atoms with Gasteiger partial charge in [-0.3, -0.25) is 5.43 Å². The van der Waals surface area contributed by atoms with E-state index in [9.17, 15) is 13.2 Å². The molecular formula is C19H16ClF3N4. The maximum absolute atomic E-state index is 12.5. The maximum Gasteiger partial charge on any atom is 0.417 e. The predicted octanol–water partition coefficient (Wildman–Crippen LogP) is 5.61. The number of rotatable bonds is 4. The zero-order valence-corrected chi connectivity index (χ0v) is 15.3. The van der Waals surface area contributed by atoms with Crippen LogP contribution >= 0.6 is 11.6 Å². The van der Waals surface area contributed by atoms with Gasteiger partial charge in [-0.05, 0) is 44.2 Å². The monoisotopic (exact) mass is 392 g/mol. The van der Waals surface area contributed by atoms with Gasteiger partial charge in [-0.25, -0.2) is 4.98 Å². The third-order valence-electron chi connectivity index (χ3n) is 4.04. The number of hydrogen-bond donors (Lipinski definition) is 1. The first kappa shape index (κ1) is 19.0. The van der Waals surface area contributed by atoms with Crippen molar-refractivity contribution in [2.75, 3.05) is 5.43 Å². The summed E-state index contributed by atoms with van der Waals surface area (Å²) in [5, 5.41) is 4.70. The van der Waals surface area contributed by atoms with E-state index < -0.39 is 11.7 Å². The zero-order valence-electron chi connectivity index (χ0n) is 14.5. The van der Waals surface area contributed by atoms with Crippen LogP contribution in [0.3, 0.4) is 0 Å². The summed E-state index contributed by atoms with van der Waals surface area (Å²) in [5.41, 5.74) is 5.47. The van der Waals surface area contributed by atoms with E-state index in [2.05, 4.69) is 15.5 Å². The summed E-state index contributed by atoms with van der Waals surface area (Å²) in [5.74, 6) is 0.221. The summed E-state index contributed by atoms with van der Waals surface area (Å²) in [6.45, 7) is 3.90. The molecule has 2 aromatic heterocycles. The first-order valence-corrected chi connectivity index (χ1v) is 8.41. The molecular weight excluding hydrogens is 377 g/mol. The molecule has 27 heavy (non-hydrogen) atoms. The highest BCUT2D eigenvalue weighted by Gasteiger charge is 2.30. The van der Waals surface area contributed by atoms with Gasteiger partial charge >= 0.3 is 6.18 Å². The number of anilines is 1. The van der Waals surface area contributed by atoms with E-state index in [1.165, 1.54) is 6.07 Å². The van der Waals surface area contributed by atoms with Crippen LogP contribution in [0, 0.1) is 13.8 Å². The van der Waals surface area contributed by atoms with Crippen LogP contribution in [0.2, 0.25) is 5.02 Å². The molecule has 140 valence electrons. The second kappa shape index (κ2) is 7.44. The first-order chi connectivity index (χ1) is 12.8. The Kier molecular flexibility index (Phi) is 5.23. The molecule has 0 saturated heterocycles. The average molecular weight is 393 g/mol. The van der Waals surface area contributed by atoms with E-state index in [0.717, 1.165) is 34.9 Å². The van der Waals surface area contributed by atoms with Gasteiger partial charge in [0.05, 0.1) is 22.5 Å². The number of nitrogens with one attached hydrogen (secondary N) is 1. The van der Waals surface area contributed by atoms with Gasteiger partial charge in [-0.15, -0.1) is 0 Å². The molecule has 0 aliphatic heterocycles. The van der Waals surface area contributed by atoms with Crippen LogP contribution in [0.25, 0.3) is 5.69 Å². The van der Waals surface area contributed by atoms with Gasteiger partial charge in [0.2, 0.25) is 0 Å². The van der Waals surface area contributed by atoms with Crippen molar-refractivity contribution in [2.24, 2.45) is 5.10 Å². The Morgan fingerprint density at radius 2 is 1.89 bits per heavy atom. The van der Waals surface area contributed by atoms with Crippen molar-refractivity contribution in [1.29, 1.82) is 0 Å². The predicted molar refractivity (Wildman–Crippen MR) is 101 cm³/mol. The Morgan fingerprint density at radius 3 is 2.52 bits per heavy atom. The van der Waals surface area contributed by atoms with Crippen molar-refractivity contribution in [2.45, 2.75) is 20.0 Å². The fourth-order valence-corrected chi connectivity index (χ4v) is 2.94. The van der Waals surface area contributed by atoms with Crippen LogP contribution in [0.4, 0.5) is 19.0 Å². The summed E-state index contributed by atoms with van der Waals surface area (Å²) in [4.78, 5) is 3.71. The average Bonchev–Trinajstić information content (AvgIpc) is 2.89. The summed E-state index contributed by atoms with van der Waals surface area (Å²) < 4.78 is 39.6. The molecule has 0 unspecified atom stereocenters. The van der Waals surface area contributed by atoms with E-state index in [-0.39, 0.29) is 5.82 Å². The number of alkyl halides is 3. The standard InChI is InChI=1S/C19H16ClF3N4/c1-12-9-14(13(2)27(12)17-6-4-3-5-16(17)20)10-25-26-18-8-7-15(11-24-18)19(21,22)23/h3-11H,1-2H3,(H,24,26)/b25-10+. The fourth-order valence-electron chi connectivity index (χ4n) is 2.72. The molecule has 0 aliphatic carbocycles. The molecule has 1 N–H and O–H groups in total. The Labute approximate surface area is 159 Å². The highest BCUT2D eigenvalue weighted by Crippen LogP contribution is 2.29. The van der Waals surface area contributed by atoms with E-state index in [4.69, 9.17) is 11.6 Å². The second-order valence-corrected chi connectivity index (χ2v) is 6.32. The van der Waals surface area contributed by atoms with Crippen LogP contribution in [-0.4, -0.2) is 15.8 Å². The van der Waals surface area contributed by atoms with Crippen LogP contribution in [0.15, 0.2) is 53.8 Å². The van der Waals surface area contributed by atoms with Crippen LogP contribution in [0.1, 0.15) is 22.5 Å². The largest absolute Gasteiger partial charge is 0.417 e. The molecule has 3 aromatic rings. The van der Waals surface area contributed by atoms with Crippen LogP contribution < -0.4 is 5.43 Å². The quantitative estimate of drug-likeness (QED) is 0.463. The third kappa shape index (κ3) is 4.14. The lowest BCUT2D eigenvalue weighted by Gasteiger charge is -2.11. The SMILES string of the molecule is Cc1cc(/C=N/Nc2ccc(C(F)(F)F)cn2)c(C)n1-c1ccccc1Cl. The van der Waals surface area contributed by atoms with Gasteiger partial charge in [-0.2, -0.15) is 18.3 Å². The van der Waals surface area contributed by atoms with Crippen molar-refractivity contribution >= 4 is 23.6 Å². The summed E-state index contributed by atoms with van der Waals surface area (Å²) in [7, 11) is 0. The van der Waals surface area contributed by atoms with Gasteiger partial charge in [-0.1, -0.05) is 23.7 Å². The van der Waals surface area contributed by atoms with Gasteiger partial charge < -0.3 is 4.57 Å². The number of benzene rings is 1. The Morgan fingerprint density at radius 1 is 1.15 bits per heavy atom. The van der Waals surface area contributed by atoms with Crippen molar-refractivity contribution < 1.29 is 13.2 Å². The summed E-state index contributed by atoms with van der Waals surface area (Å²) >= 11 is 6.29. The molecule has 0 amide bonds. The summed E-state index contributed by atoms with van der Waals surface area (Å²) in [6.07, 6.45) is -2.05. The third-order valence-corrected chi connectivity index (χ3v) is 4.36. The minimum Gasteiger partial charge on any atom is -0.316 e. The minimum atomic E-state index is -4.41. The lowest BCUT2D eigenvalue weighted by Crippen LogP contribution is -2.05. The molecule has 3 rings (SSSR count). The number of para-hydroxylation sites is 1. The van der Waals surface area contributed by atoms with Gasteiger partial charge in [0.15, 0.2) is 0 Å². The number of aryl methyl sites for hydroxylation is 1. The maximum atomic E-state index is 12.5. The number of hydrazone groups is 1. The lowest BCUT2D eigenvalue weighted by atomic mass is 10.2. The Balaban J connectivity index is 1.79. The van der Waals surface area contributed by atoms with Crippen LogP contribution in [-0.2, 0) is 6.18 Å². The highest BCUT2D eigenvalue weighted by atomic mass is 35.5. The summed E-state index contributed by atoms with van der Waals surface area (Å²) in [6, 6.07) is 11.6. The van der Waals surface area contributed by atoms with Crippen molar-refractivity contribution in [1.82, 2.24) is 9.55 Å². The van der Waals surface area contributed by atoms with Crippen LogP contribution in [0.5, 0.6) is 0 Å². The molecule has 0 saturated carbocycles. The molecule has 0 bridgehead atoms. The number of pyridine rings is 1. The number of hydrogen-bond acceptors (Lipinski definition) is 3. The lowest BCUT2D eigenvalue weighted by molar-refractivity contribution is -0.137. The topological polar surface area (TPSA) is 42.2 Å². The normalized spacial score (nSPS) is 11.9. The van der Waals surface area contributed by atoms with E-state index in [1.807, 2.05) is 48.7 Å². The minimum absolute atomic E-state index is 0.221. The van der Waals surface area contributed by atoms with E-state index in [1.54, 1.807) is 6.21 Å². The number of halogens is 4. The van der Waals surface area contributed by atoms with Gasteiger partial charge in [0.1, 0.15) is 5.82 Å². The van der Waals surface area contributed by atoms with Gasteiger partial charge in [0.25, 0.3) is 0 Å². The Hall–Kier alpha value is -2.80. The zero-order chi connectivity index (χ0) is 19.6. The molecule has 0 fully saturated rings. The molecule has 1 aromatic carbocycles. The molecule has 0 aliphatic rings. The van der Waals surface area contributed by atoms with Crippen molar-refractivity contribution in [3.8, 4) is 5.69 Å². The van der Waals surface area contributed by atoms with E-state index >= 15 is 0 Å². The highest BCUT2D eigenvalue weighted by molar-refractivity contribution is 6.32. The number of aromatic nitrogens is 2. The van der Waals surface area contributed by atoms with Crippen molar-refractivity contribution in [3.05, 3.63) is 76.2 Å². The first-order valence-electron chi connectivity index (χ1n) is 8.03. The smallest absolute Gasteiger partial charge is 0.316 e. The Bertz CT molecular complexity index is 976. The van der Waals surface area contributed by atoms with Crippen molar-refractivity contribution in [3.63, 3.8) is 0 Å². The second-order valence-electron chi connectivity index (χ2n) is 5.91. The fraction of sp³-hybridized carbons (Fsp3) is 0.158. The van der Waals surface area contributed by atoms with E-state index in [0.29, 0.717) is 5.02 Å². The molecule has 2 heterocycles. The molecule has 8 heteroatoms.